The molecule has 1 aromatic heterocycles. The van der Waals surface area contributed by atoms with E-state index in [1.807, 2.05) is 0 Å². The highest BCUT2D eigenvalue weighted by atomic mass is 79.9. The van der Waals surface area contributed by atoms with E-state index < -0.39 is 5.82 Å². The monoisotopic (exact) mass is 296 g/mol. The molecule has 2 N–H and O–H groups in total. The first-order valence-electron chi connectivity index (χ1n) is 4.98. The molecule has 0 bridgehead atoms. The van der Waals surface area contributed by atoms with Crippen molar-refractivity contribution in [2.24, 2.45) is 5.73 Å². The summed E-state index contributed by atoms with van der Waals surface area (Å²) in [5.41, 5.74) is 6.16. The van der Waals surface area contributed by atoms with E-state index >= 15 is 0 Å². The zero-order valence-corrected chi connectivity index (χ0v) is 10.4. The van der Waals surface area contributed by atoms with Gasteiger partial charge in [0, 0.05) is 17.1 Å². The van der Waals surface area contributed by atoms with Crippen molar-refractivity contribution in [2.75, 3.05) is 0 Å². The number of hydrogen-bond donors (Lipinski definition) is 1. The topological polar surface area (TPSA) is 48.1 Å². The molecule has 3 nitrogen and oxygen atoms in total. The van der Waals surface area contributed by atoms with E-state index in [-0.39, 0.29) is 5.75 Å². The second-order valence-corrected chi connectivity index (χ2v) is 4.26. The van der Waals surface area contributed by atoms with Crippen LogP contribution in [0.4, 0.5) is 4.39 Å². The van der Waals surface area contributed by atoms with Crippen LogP contribution in [0.1, 0.15) is 5.69 Å². The summed E-state index contributed by atoms with van der Waals surface area (Å²) in [4.78, 5) is 4.13. The van der Waals surface area contributed by atoms with Crippen molar-refractivity contribution in [3.63, 3.8) is 0 Å². The highest BCUT2D eigenvalue weighted by molar-refractivity contribution is 9.10. The maximum atomic E-state index is 13.4. The Morgan fingerprint density at radius 2 is 2.12 bits per heavy atom. The summed E-state index contributed by atoms with van der Waals surface area (Å²) in [6.45, 7) is 0.318. The molecular weight excluding hydrogens is 287 g/mol. The number of nitrogens with zero attached hydrogens (tertiary/aromatic N) is 1. The van der Waals surface area contributed by atoms with E-state index in [9.17, 15) is 4.39 Å². The maximum absolute atomic E-state index is 13.4. The lowest BCUT2D eigenvalue weighted by Crippen LogP contribution is -2.00. The largest absolute Gasteiger partial charge is 0.436 e. The van der Waals surface area contributed by atoms with Gasteiger partial charge in [0.15, 0.2) is 11.6 Å². The lowest BCUT2D eigenvalue weighted by atomic mass is 10.3. The van der Waals surface area contributed by atoms with Crippen LogP contribution in [0.2, 0.25) is 0 Å². The first kappa shape index (κ1) is 12.0. The molecule has 5 heteroatoms. The molecule has 0 fully saturated rings. The molecule has 0 spiro atoms. The Balaban J connectivity index is 2.27. The van der Waals surface area contributed by atoms with E-state index in [1.165, 1.54) is 6.07 Å². The van der Waals surface area contributed by atoms with Crippen molar-refractivity contribution in [3.8, 4) is 11.6 Å². The first-order chi connectivity index (χ1) is 8.19. The molecule has 88 valence electrons. The van der Waals surface area contributed by atoms with Crippen molar-refractivity contribution in [1.82, 2.24) is 4.98 Å². The van der Waals surface area contributed by atoms with Gasteiger partial charge in [0.25, 0.3) is 0 Å². The van der Waals surface area contributed by atoms with Crippen molar-refractivity contribution < 1.29 is 9.13 Å². The van der Waals surface area contributed by atoms with Gasteiger partial charge in [-0.3, -0.25) is 0 Å². The first-order valence-corrected chi connectivity index (χ1v) is 5.77. The highest BCUT2D eigenvalue weighted by Gasteiger charge is 2.06. The average Bonchev–Trinajstić information content (AvgIpc) is 2.34. The molecule has 0 saturated heterocycles. The number of halogens is 2. The summed E-state index contributed by atoms with van der Waals surface area (Å²) in [5.74, 6) is 0.0131. The molecule has 0 atom stereocenters. The Hall–Kier alpha value is -1.46. The normalized spacial score (nSPS) is 10.3. The molecule has 0 amide bonds. The summed E-state index contributed by atoms with van der Waals surface area (Å²) in [6, 6.07) is 9.67. The number of ether oxygens (including phenoxy) is 1. The number of hydrogen-bond acceptors (Lipinski definition) is 3. The van der Waals surface area contributed by atoms with E-state index in [0.717, 1.165) is 4.47 Å². The summed E-state index contributed by atoms with van der Waals surface area (Å²) in [7, 11) is 0. The molecule has 0 radical (unpaired) electrons. The van der Waals surface area contributed by atoms with Crippen LogP contribution in [-0.4, -0.2) is 4.98 Å². The Kier molecular flexibility index (Phi) is 3.71. The minimum atomic E-state index is -0.437. The summed E-state index contributed by atoms with van der Waals surface area (Å²) >= 11 is 3.25. The van der Waals surface area contributed by atoms with Gasteiger partial charge < -0.3 is 10.5 Å². The number of nitrogens with two attached hydrogens (primary N) is 1. The predicted octanol–water partition coefficient (Wildman–Crippen LogP) is 3.23. The smallest absolute Gasteiger partial charge is 0.219 e. The third kappa shape index (κ3) is 3.01. The minimum absolute atomic E-state index is 0.126. The molecule has 2 aromatic rings. The van der Waals surface area contributed by atoms with E-state index in [2.05, 4.69) is 20.9 Å². The lowest BCUT2D eigenvalue weighted by Gasteiger charge is -2.07. The van der Waals surface area contributed by atoms with Crippen LogP contribution >= 0.6 is 15.9 Å². The van der Waals surface area contributed by atoms with Gasteiger partial charge in [0.05, 0.1) is 5.69 Å². The summed E-state index contributed by atoms with van der Waals surface area (Å²) in [6.07, 6.45) is 0. The number of aromatic nitrogens is 1. The molecule has 0 aliphatic carbocycles. The fraction of sp³-hybridized carbons (Fsp3) is 0.0833. The van der Waals surface area contributed by atoms with Gasteiger partial charge in [-0.05, 0) is 24.3 Å². The Labute approximate surface area is 107 Å². The van der Waals surface area contributed by atoms with E-state index in [4.69, 9.17) is 10.5 Å². The van der Waals surface area contributed by atoms with Gasteiger partial charge in [-0.15, -0.1) is 0 Å². The third-order valence-electron chi connectivity index (χ3n) is 2.10. The van der Waals surface area contributed by atoms with Crippen LogP contribution in [0.5, 0.6) is 11.6 Å². The number of rotatable bonds is 3. The SMILES string of the molecule is NCc1cccc(Oc2cc(Br)ccc2F)n1. The molecule has 2 rings (SSSR count). The molecule has 0 aliphatic heterocycles. The number of benzene rings is 1. The van der Waals surface area contributed by atoms with Gasteiger partial charge in [0.1, 0.15) is 0 Å². The van der Waals surface area contributed by atoms with Gasteiger partial charge >= 0.3 is 0 Å². The van der Waals surface area contributed by atoms with Gasteiger partial charge in [0.2, 0.25) is 5.88 Å². The Morgan fingerprint density at radius 3 is 2.88 bits per heavy atom. The average molecular weight is 297 g/mol. The molecule has 0 saturated carbocycles. The third-order valence-corrected chi connectivity index (χ3v) is 2.59. The van der Waals surface area contributed by atoms with Gasteiger partial charge in [-0.25, -0.2) is 9.37 Å². The molecule has 0 unspecified atom stereocenters. The van der Waals surface area contributed by atoms with Crippen molar-refractivity contribution in [1.29, 1.82) is 0 Å². The fourth-order valence-corrected chi connectivity index (χ4v) is 1.64. The van der Waals surface area contributed by atoms with Crippen molar-refractivity contribution >= 4 is 15.9 Å². The zero-order valence-electron chi connectivity index (χ0n) is 8.86. The predicted molar refractivity (Wildman–Crippen MR) is 66.3 cm³/mol. The molecule has 1 aromatic carbocycles. The van der Waals surface area contributed by atoms with Crippen LogP contribution in [0.25, 0.3) is 0 Å². The zero-order chi connectivity index (χ0) is 12.3. The highest BCUT2D eigenvalue weighted by Crippen LogP contribution is 2.26. The quantitative estimate of drug-likeness (QED) is 0.946. The number of pyridine rings is 1. The summed E-state index contributed by atoms with van der Waals surface area (Å²) < 4.78 is 19.5. The van der Waals surface area contributed by atoms with E-state index in [0.29, 0.717) is 18.1 Å². The van der Waals surface area contributed by atoms with Crippen LogP contribution < -0.4 is 10.5 Å². The second kappa shape index (κ2) is 5.25. The van der Waals surface area contributed by atoms with Crippen molar-refractivity contribution in [3.05, 3.63) is 52.4 Å². The maximum Gasteiger partial charge on any atom is 0.219 e. The molecule has 1 heterocycles. The van der Waals surface area contributed by atoms with Crippen LogP contribution in [0.3, 0.4) is 0 Å². The van der Waals surface area contributed by atoms with Crippen LogP contribution in [-0.2, 0) is 6.54 Å². The Bertz CT molecular complexity index is 534. The minimum Gasteiger partial charge on any atom is -0.436 e. The fourth-order valence-electron chi connectivity index (χ4n) is 1.30. The molecule has 17 heavy (non-hydrogen) atoms. The van der Waals surface area contributed by atoms with Crippen molar-refractivity contribution in [2.45, 2.75) is 6.54 Å². The van der Waals surface area contributed by atoms with E-state index in [1.54, 1.807) is 30.3 Å². The van der Waals surface area contributed by atoms with Gasteiger partial charge in [-0.2, -0.15) is 0 Å². The lowest BCUT2D eigenvalue weighted by molar-refractivity contribution is 0.425. The standard InChI is InChI=1S/C12H10BrFN2O/c13-8-4-5-10(14)11(6-8)17-12-3-1-2-9(7-15)16-12/h1-6H,7,15H2. The van der Waals surface area contributed by atoms with Crippen LogP contribution in [0.15, 0.2) is 40.9 Å². The summed E-state index contributed by atoms with van der Waals surface area (Å²) in [5, 5.41) is 0. The molecule has 0 aliphatic rings. The Morgan fingerprint density at radius 1 is 1.29 bits per heavy atom. The van der Waals surface area contributed by atoms with Crippen LogP contribution in [0, 0.1) is 5.82 Å². The second-order valence-electron chi connectivity index (χ2n) is 3.35. The van der Waals surface area contributed by atoms with Gasteiger partial charge in [-0.1, -0.05) is 22.0 Å². The molecular formula is C12H10BrFN2O.